The van der Waals surface area contributed by atoms with Crippen LogP contribution in [0.25, 0.3) is 5.78 Å². The minimum Gasteiger partial charge on any atom is -0.459 e. The molecule has 0 N–H and O–H groups in total. The summed E-state index contributed by atoms with van der Waals surface area (Å²) in [6.07, 6.45) is 7.48. The Balaban J connectivity index is 1.43. The van der Waals surface area contributed by atoms with Crippen LogP contribution in [0.2, 0.25) is 0 Å². The van der Waals surface area contributed by atoms with Gasteiger partial charge in [0, 0.05) is 31.7 Å². The van der Waals surface area contributed by atoms with Crippen molar-refractivity contribution in [3.63, 3.8) is 0 Å². The van der Waals surface area contributed by atoms with E-state index in [1.165, 1.54) is 24.7 Å². The van der Waals surface area contributed by atoms with Crippen LogP contribution in [0.15, 0.2) is 29.1 Å². The van der Waals surface area contributed by atoms with Gasteiger partial charge in [-0.05, 0) is 37.8 Å². The van der Waals surface area contributed by atoms with Crippen LogP contribution in [0.4, 0.5) is 5.82 Å². The summed E-state index contributed by atoms with van der Waals surface area (Å²) in [5, 5.41) is 4.40. The average molecular weight is 352 g/mol. The summed E-state index contributed by atoms with van der Waals surface area (Å²) in [7, 11) is 0. The van der Waals surface area contributed by atoms with Gasteiger partial charge >= 0.3 is 0 Å². The van der Waals surface area contributed by atoms with Gasteiger partial charge in [0.25, 0.3) is 11.7 Å². The smallest absolute Gasteiger partial charge is 0.289 e. The van der Waals surface area contributed by atoms with Gasteiger partial charge in [0.05, 0.1) is 12.0 Å². The lowest BCUT2D eigenvalue weighted by molar-refractivity contribution is 0.0714. The molecule has 0 saturated carbocycles. The second-order valence-electron chi connectivity index (χ2n) is 6.80. The molecule has 0 atom stereocenters. The summed E-state index contributed by atoms with van der Waals surface area (Å²) in [5.74, 6) is 2.12. The molecule has 4 heterocycles. The van der Waals surface area contributed by atoms with E-state index in [0.29, 0.717) is 24.6 Å². The third-order valence-electron chi connectivity index (χ3n) is 5.27. The molecule has 0 aromatic carbocycles. The van der Waals surface area contributed by atoms with Crippen LogP contribution in [0.5, 0.6) is 0 Å². The topological polar surface area (TPSA) is 79.8 Å². The summed E-state index contributed by atoms with van der Waals surface area (Å²) >= 11 is 0. The lowest BCUT2D eigenvalue weighted by Gasteiger charge is -2.37. The Hall–Kier alpha value is -2.90. The maximum atomic E-state index is 12.5. The number of anilines is 1. The monoisotopic (exact) mass is 352 g/mol. The number of furan rings is 1. The predicted molar refractivity (Wildman–Crippen MR) is 94.2 cm³/mol. The number of aryl methyl sites for hydroxylation is 1. The molecular formula is C18H20N6O2. The number of carbonyl (C=O) groups is 1. The summed E-state index contributed by atoms with van der Waals surface area (Å²) < 4.78 is 7.10. The lowest BCUT2D eigenvalue weighted by Crippen LogP contribution is -2.49. The molecule has 5 rings (SSSR count). The Labute approximate surface area is 150 Å². The lowest BCUT2D eigenvalue weighted by atomic mass is 9.96. The van der Waals surface area contributed by atoms with E-state index in [1.807, 2.05) is 9.42 Å². The van der Waals surface area contributed by atoms with Crippen molar-refractivity contribution in [2.75, 3.05) is 31.1 Å². The molecule has 0 bridgehead atoms. The number of nitrogens with zero attached hydrogens (tertiary/aromatic N) is 6. The molecular weight excluding hydrogens is 332 g/mol. The zero-order chi connectivity index (χ0) is 17.5. The molecule has 0 unspecified atom stereocenters. The van der Waals surface area contributed by atoms with Crippen molar-refractivity contribution in [1.29, 1.82) is 0 Å². The first-order chi connectivity index (χ1) is 12.8. The number of hydrogen-bond acceptors (Lipinski definition) is 6. The Bertz CT molecular complexity index is 940. The Morgan fingerprint density at radius 2 is 1.96 bits per heavy atom. The second-order valence-corrected chi connectivity index (χ2v) is 6.80. The normalized spacial score (nSPS) is 17.5. The van der Waals surface area contributed by atoms with Crippen LogP contribution in [0.3, 0.4) is 0 Å². The van der Waals surface area contributed by atoms with Crippen LogP contribution in [-0.2, 0) is 12.8 Å². The number of aromatic nitrogens is 4. The van der Waals surface area contributed by atoms with Gasteiger partial charge in [-0.25, -0.2) is 4.98 Å². The summed E-state index contributed by atoms with van der Waals surface area (Å²) in [4.78, 5) is 25.6. The highest BCUT2D eigenvalue weighted by molar-refractivity contribution is 5.91. The molecule has 1 aliphatic heterocycles. The molecule has 0 spiro atoms. The molecule has 8 heteroatoms. The summed E-state index contributed by atoms with van der Waals surface area (Å²) in [5.41, 5.74) is 2.45. The zero-order valence-electron chi connectivity index (χ0n) is 14.5. The van der Waals surface area contributed by atoms with Crippen molar-refractivity contribution >= 4 is 17.5 Å². The number of piperazine rings is 1. The molecule has 1 amide bonds. The average Bonchev–Trinajstić information content (AvgIpc) is 3.37. The Morgan fingerprint density at radius 3 is 2.77 bits per heavy atom. The Kier molecular flexibility index (Phi) is 3.62. The van der Waals surface area contributed by atoms with Crippen LogP contribution >= 0.6 is 0 Å². The van der Waals surface area contributed by atoms with Gasteiger partial charge in [0.1, 0.15) is 12.1 Å². The van der Waals surface area contributed by atoms with E-state index in [9.17, 15) is 4.79 Å². The first kappa shape index (κ1) is 15.4. The molecule has 3 aromatic rings. The first-order valence-corrected chi connectivity index (χ1v) is 9.10. The van der Waals surface area contributed by atoms with Crippen molar-refractivity contribution in [2.24, 2.45) is 0 Å². The third-order valence-corrected chi connectivity index (χ3v) is 5.27. The highest BCUT2D eigenvalue weighted by atomic mass is 16.3. The van der Waals surface area contributed by atoms with Crippen LogP contribution < -0.4 is 4.90 Å². The predicted octanol–water partition coefficient (Wildman–Crippen LogP) is 1.56. The highest BCUT2D eigenvalue weighted by Gasteiger charge is 2.28. The van der Waals surface area contributed by atoms with Crippen molar-refractivity contribution in [2.45, 2.75) is 25.7 Å². The quantitative estimate of drug-likeness (QED) is 0.696. The van der Waals surface area contributed by atoms with Crippen LogP contribution in [-0.4, -0.2) is 56.6 Å². The minimum atomic E-state index is -0.0442. The maximum absolute atomic E-state index is 12.5. The SMILES string of the molecule is O=C(c1ccco1)N1CCN(c2c3c(nc4ncnn24)CCCC3)CC1. The van der Waals surface area contributed by atoms with Crippen molar-refractivity contribution in [3.8, 4) is 0 Å². The number of amides is 1. The fraction of sp³-hybridized carbons (Fsp3) is 0.444. The van der Waals surface area contributed by atoms with E-state index in [2.05, 4.69) is 15.0 Å². The van der Waals surface area contributed by atoms with Gasteiger partial charge in [-0.2, -0.15) is 14.6 Å². The van der Waals surface area contributed by atoms with Crippen LogP contribution in [0.1, 0.15) is 34.7 Å². The first-order valence-electron chi connectivity index (χ1n) is 9.10. The van der Waals surface area contributed by atoms with Gasteiger partial charge in [-0.1, -0.05) is 0 Å². The zero-order valence-corrected chi connectivity index (χ0v) is 14.5. The molecule has 134 valence electrons. The maximum Gasteiger partial charge on any atom is 0.289 e. The molecule has 1 fully saturated rings. The minimum absolute atomic E-state index is 0.0442. The van der Waals surface area contributed by atoms with E-state index in [1.54, 1.807) is 18.5 Å². The van der Waals surface area contributed by atoms with Gasteiger partial charge in [-0.3, -0.25) is 4.79 Å². The van der Waals surface area contributed by atoms with E-state index in [0.717, 1.165) is 37.4 Å². The second kappa shape index (κ2) is 6.12. The fourth-order valence-corrected chi connectivity index (χ4v) is 3.97. The molecule has 1 saturated heterocycles. The summed E-state index contributed by atoms with van der Waals surface area (Å²) in [6, 6.07) is 3.46. The molecule has 2 aliphatic rings. The van der Waals surface area contributed by atoms with Crippen LogP contribution in [0, 0.1) is 0 Å². The van der Waals surface area contributed by atoms with Gasteiger partial charge in [0.15, 0.2) is 5.76 Å². The number of hydrogen-bond donors (Lipinski definition) is 0. The van der Waals surface area contributed by atoms with E-state index in [4.69, 9.17) is 9.40 Å². The molecule has 1 aliphatic carbocycles. The standard InChI is InChI=1S/C18H20N6O2/c25-17(15-6-3-11-26-15)23-9-7-22(8-10-23)16-13-4-1-2-5-14(13)21-18-19-12-20-24(16)18/h3,6,11-12H,1-2,4-5,7-10H2. The van der Waals surface area contributed by atoms with Gasteiger partial charge in [0.2, 0.25) is 0 Å². The van der Waals surface area contributed by atoms with Gasteiger partial charge < -0.3 is 14.2 Å². The third kappa shape index (κ3) is 2.44. The summed E-state index contributed by atoms with van der Waals surface area (Å²) in [6.45, 7) is 2.84. The van der Waals surface area contributed by atoms with E-state index in [-0.39, 0.29) is 5.91 Å². The molecule has 26 heavy (non-hydrogen) atoms. The number of fused-ring (bicyclic) bond motifs is 2. The van der Waals surface area contributed by atoms with Crippen molar-refractivity contribution < 1.29 is 9.21 Å². The molecule has 0 radical (unpaired) electrons. The van der Waals surface area contributed by atoms with Crippen molar-refractivity contribution in [3.05, 3.63) is 41.7 Å². The Morgan fingerprint density at radius 1 is 1.12 bits per heavy atom. The number of rotatable bonds is 2. The van der Waals surface area contributed by atoms with Gasteiger partial charge in [-0.15, -0.1) is 0 Å². The highest BCUT2D eigenvalue weighted by Crippen LogP contribution is 2.30. The largest absolute Gasteiger partial charge is 0.459 e. The number of carbonyl (C=O) groups excluding carboxylic acids is 1. The fourth-order valence-electron chi connectivity index (χ4n) is 3.97. The molecule has 3 aromatic heterocycles. The van der Waals surface area contributed by atoms with E-state index >= 15 is 0 Å². The molecule has 8 nitrogen and oxygen atoms in total. The van der Waals surface area contributed by atoms with E-state index < -0.39 is 0 Å². The van der Waals surface area contributed by atoms with Crippen molar-refractivity contribution in [1.82, 2.24) is 24.5 Å².